The molecule has 0 amide bonds. The van der Waals surface area contributed by atoms with E-state index in [-0.39, 0.29) is 12.4 Å². The Kier molecular flexibility index (Phi) is 8.08. The number of nitrogens with zero attached hydrogens (tertiary/aromatic N) is 1. The number of aliphatic carboxylic acids is 1. The standard InChI is InChI=1S/C14H19NO2.ClH/c1-3-15(4-2)11-13-7-5-12(6-8-13)9-10-14(16)17;/h5-10H,3-4,11H2,1-2H3,(H,16,17);1H/b10-9+;. The van der Waals surface area contributed by atoms with Gasteiger partial charge in [0.1, 0.15) is 0 Å². The van der Waals surface area contributed by atoms with Crippen molar-refractivity contribution in [1.29, 1.82) is 0 Å². The van der Waals surface area contributed by atoms with Crippen molar-refractivity contribution in [3.8, 4) is 0 Å². The smallest absolute Gasteiger partial charge is 0.328 e. The van der Waals surface area contributed by atoms with Gasteiger partial charge in [0.15, 0.2) is 0 Å². The summed E-state index contributed by atoms with van der Waals surface area (Å²) in [7, 11) is 0. The number of benzene rings is 1. The van der Waals surface area contributed by atoms with Gasteiger partial charge in [-0.15, -0.1) is 12.4 Å². The first-order chi connectivity index (χ1) is 8.15. The lowest BCUT2D eigenvalue weighted by Gasteiger charge is -2.17. The molecule has 0 heterocycles. The van der Waals surface area contributed by atoms with Crippen LogP contribution in [0.4, 0.5) is 0 Å². The molecule has 0 radical (unpaired) electrons. The summed E-state index contributed by atoms with van der Waals surface area (Å²) < 4.78 is 0. The fourth-order valence-electron chi connectivity index (χ4n) is 1.61. The summed E-state index contributed by atoms with van der Waals surface area (Å²) in [5.41, 5.74) is 2.16. The third kappa shape index (κ3) is 5.84. The average molecular weight is 270 g/mol. The molecule has 1 N–H and O–H groups in total. The molecule has 1 rings (SSSR count). The SMILES string of the molecule is CCN(CC)Cc1ccc(/C=C/C(=O)O)cc1.Cl. The van der Waals surface area contributed by atoms with Crippen LogP contribution >= 0.6 is 12.4 Å². The van der Waals surface area contributed by atoms with Crippen molar-refractivity contribution in [1.82, 2.24) is 4.90 Å². The van der Waals surface area contributed by atoms with Gasteiger partial charge < -0.3 is 5.11 Å². The molecule has 0 atom stereocenters. The number of carboxylic acid groups (broad SMARTS) is 1. The van der Waals surface area contributed by atoms with Gasteiger partial charge in [-0.2, -0.15) is 0 Å². The molecule has 0 spiro atoms. The maximum atomic E-state index is 10.4. The fourth-order valence-corrected chi connectivity index (χ4v) is 1.61. The molecule has 1 aromatic carbocycles. The second kappa shape index (κ2) is 8.72. The molecule has 0 aliphatic carbocycles. The quantitative estimate of drug-likeness (QED) is 0.807. The van der Waals surface area contributed by atoms with Gasteiger partial charge >= 0.3 is 5.97 Å². The van der Waals surface area contributed by atoms with Crippen molar-refractivity contribution in [3.05, 3.63) is 41.5 Å². The summed E-state index contributed by atoms with van der Waals surface area (Å²) in [6, 6.07) is 7.97. The highest BCUT2D eigenvalue weighted by Gasteiger charge is 2.00. The Balaban J connectivity index is 0.00000289. The molecule has 0 aromatic heterocycles. The van der Waals surface area contributed by atoms with Gasteiger partial charge in [-0.3, -0.25) is 4.90 Å². The van der Waals surface area contributed by atoms with E-state index in [1.807, 2.05) is 24.3 Å². The van der Waals surface area contributed by atoms with Gasteiger partial charge in [-0.05, 0) is 30.3 Å². The molecule has 3 nitrogen and oxygen atoms in total. The summed E-state index contributed by atoms with van der Waals surface area (Å²) in [6.07, 6.45) is 2.75. The molecule has 0 unspecified atom stereocenters. The minimum Gasteiger partial charge on any atom is -0.478 e. The third-order valence-corrected chi connectivity index (χ3v) is 2.70. The van der Waals surface area contributed by atoms with E-state index in [1.165, 1.54) is 5.56 Å². The molecule has 18 heavy (non-hydrogen) atoms. The van der Waals surface area contributed by atoms with Gasteiger partial charge in [0.2, 0.25) is 0 Å². The predicted molar refractivity (Wildman–Crippen MR) is 77.0 cm³/mol. The normalized spacial score (nSPS) is 10.6. The van der Waals surface area contributed by atoms with Crippen molar-refractivity contribution >= 4 is 24.5 Å². The van der Waals surface area contributed by atoms with Crippen LogP contribution in [0.5, 0.6) is 0 Å². The lowest BCUT2D eigenvalue weighted by molar-refractivity contribution is -0.131. The zero-order chi connectivity index (χ0) is 12.7. The first-order valence-electron chi connectivity index (χ1n) is 5.88. The van der Waals surface area contributed by atoms with E-state index in [0.717, 1.165) is 31.3 Å². The van der Waals surface area contributed by atoms with Crippen LogP contribution < -0.4 is 0 Å². The molecule has 1 aromatic rings. The van der Waals surface area contributed by atoms with E-state index in [4.69, 9.17) is 5.11 Å². The number of hydrogen-bond donors (Lipinski definition) is 1. The predicted octanol–water partition coefficient (Wildman–Crippen LogP) is 3.05. The van der Waals surface area contributed by atoms with Crippen LogP contribution in [0, 0.1) is 0 Å². The minimum absolute atomic E-state index is 0. The molecule has 0 aliphatic heterocycles. The second-order valence-corrected chi connectivity index (χ2v) is 3.87. The first-order valence-corrected chi connectivity index (χ1v) is 5.88. The highest BCUT2D eigenvalue weighted by Crippen LogP contribution is 2.08. The number of hydrogen-bond acceptors (Lipinski definition) is 2. The van der Waals surface area contributed by atoms with Crippen molar-refractivity contribution in [2.75, 3.05) is 13.1 Å². The largest absolute Gasteiger partial charge is 0.478 e. The lowest BCUT2D eigenvalue weighted by Crippen LogP contribution is -2.21. The Bertz CT molecular complexity index is 383. The monoisotopic (exact) mass is 269 g/mol. The summed E-state index contributed by atoms with van der Waals surface area (Å²) in [5, 5.41) is 8.52. The van der Waals surface area contributed by atoms with E-state index in [9.17, 15) is 4.79 Å². The first kappa shape index (κ1) is 16.7. The van der Waals surface area contributed by atoms with E-state index in [1.54, 1.807) is 6.08 Å². The zero-order valence-electron chi connectivity index (χ0n) is 10.8. The Morgan fingerprint density at radius 2 is 1.78 bits per heavy atom. The number of carbonyl (C=O) groups is 1. The highest BCUT2D eigenvalue weighted by atomic mass is 35.5. The van der Waals surface area contributed by atoms with Gasteiger partial charge in [-0.1, -0.05) is 38.1 Å². The maximum Gasteiger partial charge on any atom is 0.328 e. The van der Waals surface area contributed by atoms with E-state index < -0.39 is 5.97 Å². The van der Waals surface area contributed by atoms with Crippen molar-refractivity contribution in [3.63, 3.8) is 0 Å². The highest BCUT2D eigenvalue weighted by molar-refractivity contribution is 5.85. The Morgan fingerprint density at radius 1 is 1.22 bits per heavy atom. The summed E-state index contributed by atoms with van der Waals surface area (Å²) >= 11 is 0. The van der Waals surface area contributed by atoms with Crippen molar-refractivity contribution in [2.24, 2.45) is 0 Å². The molecule has 100 valence electrons. The van der Waals surface area contributed by atoms with Crippen LogP contribution in [0.3, 0.4) is 0 Å². The molecule has 0 saturated heterocycles. The van der Waals surface area contributed by atoms with Crippen LogP contribution in [0.25, 0.3) is 6.08 Å². The average Bonchev–Trinajstić information content (AvgIpc) is 2.34. The van der Waals surface area contributed by atoms with E-state index in [2.05, 4.69) is 18.7 Å². The molecular weight excluding hydrogens is 250 g/mol. The van der Waals surface area contributed by atoms with Gasteiger partial charge in [0.05, 0.1) is 0 Å². The fraction of sp³-hybridized carbons (Fsp3) is 0.357. The van der Waals surface area contributed by atoms with E-state index in [0.29, 0.717) is 0 Å². The Morgan fingerprint density at radius 3 is 2.22 bits per heavy atom. The van der Waals surface area contributed by atoms with Crippen LogP contribution in [-0.4, -0.2) is 29.1 Å². The van der Waals surface area contributed by atoms with Crippen LogP contribution in [0.15, 0.2) is 30.3 Å². The van der Waals surface area contributed by atoms with Crippen LogP contribution in [0.2, 0.25) is 0 Å². The minimum atomic E-state index is -0.919. The molecule has 4 heteroatoms. The van der Waals surface area contributed by atoms with Crippen molar-refractivity contribution < 1.29 is 9.90 Å². The molecular formula is C14H20ClNO2. The molecule has 0 saturated carbocycles. The number of halogens is 1. The molecule has 0 bridgehead atoms. The van der Waals surface area contributed by atoms with Gasteiger partial charge in [0, 0.05) is 12.6 Å². The summed E-state index contributed by atoms with van der Waals surface area (Å²) in [5.74, 6) is -0.919. The molecule has 0 aliphatic rings. The second-order valence-electron chi connectivity index (χ2n) is 3.87. The van der Waals surface area contributed by atoms with E-state index >= 15 is 0 Å². The number of rotatable bonds is 6. The Hall–Kier alpha value is -1.32. The summed E-state index contributed by atoms with van der Waals surface area (Å²) in [4.78, 5) is 12.7. The Labute approximate surface area is 115 Å². The van der Waals surface area contributed by atoms with Crippen LogP contribution in [0.1, 0.15) is 25.0 Å². The van der Waals surface area contributed by atoms with Crippen molar-refractivity contribution in [2.45, 2.75) is 20.4 Å². The topological polar surface area (TPSA) is 40.5 Å². The maximum absolute atomic E-state index is 10.4. The summed E-state index contributed by atoms with van der Waals surface area (Å²) in [6.45, 7) is 7.31. The third-order valence-electron chi connectivity index (χ3n) is 2.70. The number of carboxylic acids is 1. The van der Waals surface area contributed by atoms with Crippen LogP contribution in [-0.2, 0) is 11.3 Å². The lowest BCUT2D eigenvalue weighted by atomic mass is 10.1. The zero-order valence-corrected chi connectivity index (χ0v) is 11.6. The molecule has 0 fully saturated rings. The van der Waals surface area contributed by atoms with Gasteiger partial charge in [0.25, 0.3) is 0 Å². The van der Waals surface area contributed by atoms with Gasteiger partial charge in [-0.25, -0.2) is 4.79 Å².